The molecule has 2 aromatic carbocycles. The molecule has 19 heavy (non-hydrogen) atoms. The molecule has 0 fully saturated rings. The lowest BCUT2D eigenvalue weighted by Gasteiger charge is -2.07. The standard InChI is InChI=1S/C18H18S/c1-3-13-7-9-17(11-15(13)5-1)19-18-10-8-14-4-2-6-16(14)12-18/h7-12H,1-6H2. The number of aryl methyl sites for hydroxylation is 4. The quantitative estimate of drug-likeness (QED) is 0.751. The van der Waals surface area contributed by atoms with Gasteiger partial charge in [-0.3, -0.25) is 0 Å². The van der Waals surface area contributed by atoms with Gasteiger partial charge in [-0.25, -0.2) is 0 Å². The van der Waals surface area contributed by atoms with Crippen LogP contribution in [0.5, 0.6) is 0 Å². The molecule has 96 valence electrons. The minimum absolute atomic E-state index is 1.27. The summed E-state index contributed by atoms with van der Waals surface area (Å²) in [4.78, 5) is 2.80. The van der Waals surface area contributed by atoms with Crippen LogP contribution >= 0.6 is 11.8 Å². The van der Waals surface area contributed by atoms with Crippen LogP contribution in [0.15, 0.2) is 46.2 Å². The molecule has 0 aliphatic heterocycles. The summed E-state index contributed by atoms with van der Waals surface area (Å²) in [6.07, 6.45) is 7.77. The highest BCUT2D eigenvalue weighted by Crippen LogP contribution is 2.34. The largest absolute Gasteiger partial charge is 0.0901 e. The van der Waals surface area contributed by atoms with Crippen LogP contribution in [-0.2, 0) is 25.7 Å². The van der Waals surface area contributed by atoms with Crippen molar-refractivity contribution in [2.24, 2.45) is 0 Å². The molecule has 0 nitrogen and oxygen atoms in total. The van der Waals surface area contributed by atoms with Crippen LogP contribution in [0, 0.1) is 0 Å². The molecule has 0 aromatic heterocycles. The average Bonchev–Trinajstić information content (AvgIpc) is 3.05. The Bertz CT molecular complexity index is 572. The van der Waals surface area contributed by atoms with E-state index in [-0.39, 0.29) is 0 Å². The highest BCUT2D eigenvalue weighted by atomic mass is 32.2. The molecule has 0 saturated heterocycles. The van der Waals surface area contributed by atoms with E-state index in [0.717, 1.165) is 0 Å². The molecule has 2 aliphatic rings. The Balaban J connectivity index is 1.61. The van der Waals surface area contributed by atoms with Crippen molar-refractivity contribution in [3.8, 4) is 0 Å². The second kappa shape index (κ2) is 4.72. The van der Waals surface area contributed by atoms with E-state index in [2.05, 4.69) is 36.4 Å². The van der Waals surface area contributed by atoms with Gasteiger partial charge in [0.1, 0.15) is 0 Å². The predicted octanol–water partition coefficient (Wildman–Crippen LogP) is 4.82. The summed E-state index contributed by atoms with van der Waals surface area (Å²) in [6.45, 7) is 0. The molecule has 1 heteroatoms. The van der Waals surface area contributed by atoms with E-state index in [0.29, 0.717) is 0 Å². The van der Waals surface area contributed by atoms with Crippen molar-refractivity contribution < 1.29 is 0 Å². The summed E-state index contributed by atoms with van der Waals surface area (Å²) in [5.74, 6) is 0. The molecule has 2 aliphatic carbocycles. The van der Waals surface area contributed by atoms with Crippen LogP contribution in [0.25, 0.3) is 0 Å². The summed E-state index contributed by atoms with van der Waals surface area (Å²) in [5, 5.41) is 0. The topological polar surface area (TPSA) is 0 Å². The van der Waals surface area contributed by atoms with Crippen molar-refractivity contribution in [2.75, 3.05) is 0 Å². The normalized spacial score (nSPS) is 16.4. The Kier molecular flexibility index (Phi) is 2.88. The van der Waals surface area contributed by atoms with Crippen LogP contribution in [0.3, 0.4) is 0 Å². The second-order valence-corrected chi connectivity index (χ2v) is 6.82. The molecule has 2 aromatic rings. The Labute approximate surface area is 119 Å². The second-order valence-electron chi connectivity index (χ2n) is 5.67. The predicted molar refractivity (Wildman–Crippen MR) is 81.1 cm³/mol. The SMILES string of the molecule is c1cc2c(cc1Sc1ccc3c(c1)CCC3)CCC2. The molecule has 4 rings (SSSR count). The summed E-state index contributed by atoms with van der Waals surface area (Å²) in [5.41, 5.74) is 6.29. The van der Waals surface area contributed by atoms with Gasteiger partial charge in [0, 0.05) is 9.79 Å². The molecule has 0 saturated carbocycles. The van der Waals surface area contributed by atoms with Crippen LogP contribution in [-0.4, -0.2) is 0 Å². The van der Waals surface area contributed by atoms with Gasteiger partial charge in [-0.2, -0.15) is 0 Å². The van der Waals surface area contributed by atoms with Crippen LogP contribution in [0.2, 0.25) is 0 Å². The van der Waals surface area contributed by atoms with E-state index in [9.17, 15) is 0 Å². The molecule has 0 atom stereocenters. The van der Waals surface area contributed by atoms with Gasteiger partial charge in [0.05, 0.1) is 0 Å². The van der Waals surface area contributed by atoms with E-state index in [4.69, 9.17) is 0 Å². The van der Waals surface area contributed by atoms with E-state index < -0.39 is 0 Å². The maximum atomic E-state index is 2.40. The van der Waals surface area contributed by atoms with E-state index >= 15 is 0 Å². The summed E-state index contributed by atoms with van der Waals surface area (Å²) in [7, 11) is 0. The van der Waals surface area contributed by atoms with Crippen LogP contribution < -0.4 is 0 Å². The molecule has 0 unspecified atom stereocenters. The third-order valence-electron chi connectivity index (χ3n) is 4.38. The van der Waals surface area contributed by atoms with Gasteiger partial charge in [-0.15, -0.1) is 0 Å². The van der Waals surface area contributed by atoms with Gasteiger partial charge in [-0.1, -0.05) is 23.9 Å². The Morgan fingerprint density at radius 1 is 0.579 bits per heavy atom. The first kappa shape index (κ1) is 11.6. The first-order valence-corrected chi connectivity index (χ1v) is 8.12. The zero-order valence-corrected chi connectivity index (χ0v) is 11.9. The van der Waals surface area contributed by atoms with Gasteiger partial charge < -0.3 is 0 Å². The molecule has 0 amide bonds. The average molecular weight is 266 g/mol. The summed E-state index contributed by atoms with van der Waals surface area (Å²) < 4.78 is 0. The third kappa shape index (κ3) is 2.21. The van der Waals surface area contributed by atoms with Gasteiger partial charge in [0.15, 0.2) is 0 Å². The van der Waals surface area contributed by atoms with Crippen molar-refractivity contribution >= 4 is 11.8 Å². The van der Waals surface area contributed by atoms with Crippen molar-refractivity contribution in [3.63, 3.8) is 0 Å². The Hall–Kier alpha value is -1.21. The first-order chi connectivity index (χ1) is 9.38. The minimum atomic E-state index is 1.27. The van der Waals surface area contributed by atoms with Crippen LogP contribution in [0.4, 0.5) is 0 Å². The molecule has 0 spiro atoms. The molecular weight excluding hydrogens is 248 g/mol. The number of hydrogen-bond donors (Lipinski definition) is 0. The van der Waals surface area contributed by atoms with Gasteiger partial charge >= 0.3 is 0 Å². The van der Waals surface area contributed by atoms with Crippen molar-refractivity contribution in [1.29, 1.82) is 0 Å². The van der Waals surface area contributed by atoms with Crippen molar-refractivity contribution in [2.45, 2.75) is 48.3 Å². The maximum Gasteiger partial charge on any atom is 0.0125 e. The van der Waals surface area contributed by atoms with Crippen molar-refractivity contribution in [3.05, 3.63) is 58.7 Å². The number of rotatable bonds is 2. The fourth-order valence-corrected chi connectivity index (χ4v) is 4.31. The summed E-state index contributed by atoms with van der Waals surface area (Å²) in [6, 6.07) is 14.1. The fraction of sp³-hybridized carbons (Fsp3) is 0.333. The van der Waals surface area contributed by atoms with Gasteiger partial charge in [0.25, 0.3) is 0 Å². The molecule has 0 bridgehead atoms. The zero-order valence-electron chi connectivity index (χ0n) is 11.1. The number of fused-ring (bicyclic) bond motifs is 2. The lowest BCUT2D eigenvalue weighted by molar-refractivity contribution is 0.911. The smallest absolute Gasteiger partial charge is 0.0125 e. The van der Waals surface area contributed by atoms with E-state index in [1.165, 1.54) is 48.3 Å². The Morgan fingerprint density at radius 3 is 1.58 bits per heavy atom. The molecule has 0 radical (unpaired) electrons. The molecule has 0 heterocycles. The lowest BCUT2D eigenvalue weighted by Crippen LogP contribution is -1.85. The highest BCUT2D eigenvalue weighted by Gasteiger charge is 2.13. The third-order valence-corrected chi connectivity index (χ3v) is 5.35. The van der Waals surface area contributed by atoms with E-state index in [1.54, 1.807) is 22.3 Å². The lowest BCUT2D eigenvalue weighted by atomic mass is 10.1. The number of benzene rings is 2. The Morgan fingerprint density at radius 2 is 1.05 bits per heavy atom. The van der Waals surface area contributed by atoms with Crippen LogP contribution in [0.1, 0.15) is 35.1 Å². The maximum absolute atomic E-state index is 2.40. The van der Waals surface area contributed by atoms with Gasteiger partial charge in [0.2, 0.25) is 0 Å². The van der Waals surface area contributed by atoms with Gasteiger partial charge in [-0.05, 0) is 85.0 Å². The van der Waals surface area contributed by atoms with Crippen molar-refractivity contribution in [1.82, 2.24) is 0 Å². The zero-order chi connectivity index (χ0) is 12.7. The summed E-state index contributed by atoms with van der Waals surface area (Å²) >= 11 is 1.92. The van der Waals surface area contributed by atoms with E-state index in [1.807, 2.05) is 11.8 Å². The number of hydrogen-bond acceptors (Lipinski definition) is 1. The first-order valence-electron chi connectivity index (χ1n) is 7.30. The molecular formula is C18H18S. The highest BCUT2D eigenvalue weighted by molar-refractivity contribution is 7.99. The fourth-order valence-electron chi connectivity index (χ4n) is 3.36. The molecule has 0 N–H and O–H groups in total. The minimum Gasteiger partial charge on any atom is -0.0901 e. The monoisotopic (exact) mass is 266 g/mol.